The van der Waals surface area contributed by atoms with Crippen LogP contribution in [0.15, 0.2) is 25.4 Å². The molecule has 0 aliphatic heterocycles. The summed E-state index contributed by atoms with van der Waals surface area (Å²) in [5.74, 6) is -0.479. The average molecular weight is 138 g/mol. The molecule has 1 heterocycles. The summed E-state index contributed by atoms with van der Waals surface area (Å²) in [5, 5.41) is 0. The molecular formula is C6H6N2O2. The van der Waals surface area contributed by atoms with Crippen LogP contribution >= 0.6 is 0 Å². The number of hydrogen-bond donors (Lipinski definition) is 1. The highest BCUT2D eigenvalue weighted by Crippen LogP contribution is 1.93. The Hall–Kier alpha value is -1.58. The molecule has 0 fully saturated rings. The van der Waals surface area contributed by atoms with E-state index in [1.807, 2.05) is 0 Å². The number of aromatic amines is 1. The maximum absolute atomic E-state index is 10.7. The third-order valence-electron chi connectivity index (χ3n) is 0.909. The van der Waals surface area contributed by atoms with Crippen molar-refractivity contribution >= 4 is 5.97 Å². The Morgan fingerprint density at radius 1 is 1.90 bits per heavy atom. The van der Waals surface area contributed by atoms with E-state index in [1.54, 1.807) is 0 Å². The van der Waals surface area contributed by atoms with Crippen molar-refractivity contribution in [1.82, 2.24) is 9.97 Å². The Labute approximate surface area is 57.5 Å². The summed E-state index contributed by atoms with van der Waals surface area (Å²) in [6.45, 7) is 3.23. The molecule has 0 atom stereocenters. The van der Waals surface area contributed by atoms with Crippen molar-refractivity contribution in [2.24, 2.45) is 0 Å². The zero-order chi connectivity index (χ0) is 7.40. The first kappa shape index (κ1) is 6.54. The van der Waals surface area contributed by atoms with Crippen LogP contribution in [0.5, 0.6) is 0 Å². The lowest BCUT2D eigenvalue weighted by Crippen LogP contribution is -1.99. The number of esters is 1. The topological polar surface area (TPSA) is 55.0 Å². The van der Waals surface area contributed by atoms with Gasteiger partial charge in [0.2, 0.25) is 0 Å². The molecule has 0 radical (unpaired) electrons. The monoisotopic (exact) mass is 138 g/mol. The molecule has 0 amide bonds. The Morgan fingerprint density at radius 3 is 3.20 bits per heavy atom. The summed E-state index contributed by atoms with van der Waals surface area (Å²) in [6, 6.07) is 0. The minimum absolute atomic E-state index is 0.319. The second-order valence-electron chi connectivity index (χ2n) is 1.54. The van der Waals surface area contributed by atoms with Gasteiger partial charge in [0.25, 0.3) is 0 Å². The number of carbonyl (C=O) groups excluding carboxylic acids is 1. The van der Waals surface area contributed by atoms with Gasteiger partial charge >= 0.3 is 5.97 Å². The normalized spacial score (nSPS) is 8.80. The highest BCUT2D eigenvalue weighted by molar-refractivity contribution is 5.87. The van der Waals surface area contributed by atoms with Crippen LogP contribution in [0.2, 0.25) is 0 Å². The Kier molecular flexibility index (Phi) is 1.84. The van der Waals surface area contributed by atoms with Crippen LogP contribution in [0.1, 0.15) is 10.5 Å². The smallest absolute Gasteiger partial charge is 0.361 e. The number of H-pyrrole nitrogens is 1. The van der Waals surface area contributed by atoms with E-state index in [0.717, 1.165) is 6.26 Å². The van der Waals surface area contributed by atoms with Crippen LogP contribution in [0.4, 0.5) is 0 Å². The molecule has 0 bridgehead atoms. The van der Waals surface area contributed by atoms with E-state index in [-0.39, 0.29) is 0 Å². The molecular weight excluding hydrogens is 132 g/mol. The number of nitrogens with zero attached hydrogens (tertiary/aromatic N) is 1. The summed E-state index contributed by atoms with van der Waals surface area (Å²) < 4.78 is 4.44. The van der Waals surface area contributed by atoms with Gasteiger partial charge in [-0.2, -0.15) is 0 Å². The zero-order valence-corrected chi connectivity index (χ0v) is 5.20. The molecule has 0 aliphatic rings. The highest BCUT2D eigenvalue weighted by atomic mass is 16.5. The molecule has 0 saturated carbocycles. The summed E-state index contributed by atoms with van der Waals surface area (Å²) in [6.07, 6.45) is 3.86. The fourth-order valence-corrected chi connectivity index (χ4v) is 0.507. The van der Waals surface area contributed by atoms with Crippen LogP contribution < -0.4 is 0 Å². The molecule has 10 heavy (non-hydrogen) atoms. The lowest BCUT2D eigenvalue weighted by Gasteiger charge is -1.91. The van der Waals surface area contributed by atoms with Crippen LogP contribution in [0, 0.1) is 0 Å². The fraction of sp³-hybridized carbons (Fsp3) is 0. The summed E-state index contributed by atoms with van der Waals surface area (Å²) in [7, 11) is 0. The summed E-state index contributed by atoms with van der Waals surface area (Å²) in [5.41, 5.74) is 0.319. The number of carbonyl (C=O) groups is 1. The average Bonchev–Trinajstić information content (AvgIpc) is 2.38. The highest BCUT2D eigenvalue weighted by Gasteiger charge is 2.04. The van der Waals surface area contributed by atoms with E-state index in [0.29, 0.717) is 5.69 Å². The van der Waals surface area contributed by atoms with Gasteiger partial charge in [-0.05, 0) is 0 Å². The van der Waals surface area contributed by atoms with Crippen molar-refractivity contribution in [2.75, 3.05) is 0 Å². The largest absolute Gasteiger partial charge is 0.430 e. The van der Waals surface area contributed by atoms with Gasteiger partial charge in [0.05, 0.1) is 18.8 Å². The number of rotatable bonds is 2. The van der Waals surface area contributed by atoms with E-state index < -0.39 is 5.97 Å². The van der Waals surface area contributed by atoms with Crippen molar-refractivity contribution in [3.8, 4) is 0 Å². The van der Waals surface area contributed by atoms with Crippen molar-refractivity contribution in [2.45, 2.75) is 0 Å². The van der Waals surface area contributed by atoms with E-state index >= 15 is 0 Å². The van der Waals surface area contributed by atoms with Crippen LogP contribution in [0.3, 0.4) is 0 Å². The molecule has 4 nitrogen and oxygen atoms in total. The second-order valence-corrected chi connectivity index (χ2v) is 1.54. The predicted molar refractivity (Wildman–Crippen MR) is 34.2 cm³/mol. The molecule has 1 aromatic rings. The van der Waals surface area contributed by atoms with Crippen molar-refractivity contribution < 1.29 is 9.53 Å². The second kappa shape index (κ2) is 2.82. The minimum Gasteiger partial charge on any atom is -0.430 e. The van der Waals surface area contributed by atoms with Crippen LogP contribution in [-0.4, -0.2) is 15.9 Å². The molecule has 1 N–H and O–H groups in total. The van der Waals surface area contributed by atoms with Crippen LogP contribution in [-0.2, 0) is 4.74 Å². The molecule has 4 heteroatoms. The molecule has 0 aliphatic carbocycles. The SMILES string of the molecule is C=COC(=O)c1cnc[nH]1. The van der Waals surface area contributed by atoms with Gasteiger partial charge in [0.15, 0.2) is 0 Å². The third-order valence-corrected chi connectivity index (χ3v) is 0.909. The van der Waals surface area contributed by atoms with Gasteiger partial charge in [0.1, 0.15) is 5.69 Å². The van der Waals surface area contributed by atoms with Crippen LogP contribution in [0.25, 0.3) is 0 Å². The molecule has 1 aromatic heterocycles. The standard InChI is InChI=1S/C6H6N2O2/c1-2-10-6(9)5-3-7-4-8-5/h2-4H,1H2,(H,7,8). The van der Waals surface area contributed by atoms with Gasteiger partial charge < -0.3 is 9.72 Å². The maximum atomic E-state index is 10.7. The Morgan fingerprint density at radius 2 is 2.70 bits per heavy atom. The molecule has 0 aromatic carbocycles. The first-order chi connectivity index (χ1) is 4.84. The van der Waals surface area contributed by atoms with E-state index in [4.69, 9.17) is 0 Å². The molecule has 52 valence electrons. The van der Waals surface area contributed by atoms with Crippen molar-refractivity contribution in [3.63, 3.8) is 0 Å². The number of imidazole rings is 1. The Balaban J connectivity index is 2.68. The van der Waals surface area contributed by atoms with E-state index in [9.17, 15) is 4.79 Å². The molecule has 0 unspecified atom stereocenters. The lowest BCUT2D eigenvalue weighted by atomic mass is 10.5. The zero-order valence-electron chi connectivity index (χ0n) is 5.20. The van der Waals surface area contributed by atoms with Gasteiger partial charge in [-0.15, -0.1) is 0 Å². The summed E-state index contributed by atoms with van der Waals surface area (Å²) in [4.78, 5) is 17.0. The summed E-state index contributed by atoms with van der Waals surface area (Å²) >= 11 is 0. The minimum atomic E-state index is -0.479. The first-order valence-electron chi connectivity index (χ1n) is 2.65. The number of nitrogens with one attached hydrogen (secondary N) is 1. The number of aromatic nitrogens is 2. The van der Waals surface area contributed by atoms with Gasteiger partial charge in [-0.25, -0.2) is 9.78 Å². The molecule has 0 saturated heterocycles. The third kappa shape index (κ3) is 1.22. The van der Waals surface area contributed by atoms with Gasteiger partial charge in [-0.3, -0.25) is 0 Å². The Bertz CT molecular complexity index is 228. The number of ether oxygens (including phenoxy) is 1. The fourth-order valence-electron chi connectivity index (χ4n) is 0.507. The predicted octanol–water partition coefficient (Wildman–Crippen LogP) is 0.710. The van der Waals surface area contributed by atoms with E-state index in [1.165, 1.54) is 12.5 Å². The van der Waals surface area contributed by atoms with Gasteiger partial charge in [0, 0.05) is 0 Å². The van der Waals surface area contributed by atoms with E-state index in [2.05, 4.69) is 21.3 Å². The quantitative estimate of drug-likeness (QED) is 0.483. The first-order valence-corrected chi connectivity index (χ1v) is 2.65. The van der Waals surface area contributed by atoms with Crippen molar-refractivity contribution in [1.29, 1.82) is 0 Å². The van der Waals surface area contributed by atoms with Crippen molar-refractivity contribution in [3.05, 3.63) is 31.1 Å². The van der Waals surface area contributed by atoms with Gasteiger partial charge in [-0.1, -0.05) is 6.58 Å². The lowest BCUT2D eigenvalue weighted by molar-refractivity contribution is 0.0658. The number of hydrogen-bond acceptors (Lipinski definition) is 3. The maximum Gasteiger partial charge on any atom is 0.361 e. The molecule has 0 spiro atoms. The molecule has 1 rings (SSSR count).